The van der Waals surface area contributed by atoms with Crippen molar-refractivity contribution in [2.24, 2.45) is 10.2 Å². The van der Waals surface area contributed by atoms with E-state index >= 15 is 0 Å². The van der Waals surface area contributed by atoms with E-state index in [0.717, 1.165) is 16.8 Å². The van der Waals surface area contributed by atoms with E-state index in [-0.39, 0.29) is 17.3 Å². The largest absolute Gasteiger partial charge is 0.493 e. The second-order valence-corrected chi connectivity index (χ2v) is 9.95. The minimum absolute atomic E-state index is 0.0440. The Kier molecular flexibility index (Phi) is 8.53. The third kappa shape index (κ3) is 6.45. The number of fused-ring (bicyclic) bond motifs is 1. The number of aromatic hydroxyl groups is 1. The van der Waals surface area contributed by atoms with Crippen LogP contribution in [0.4, 0.5) is 11.4 Å². The average Bonchev–Trinajstić information content (AvgIpc) is 3.29. The molecule has 0 aliphatic carbocycles. The third-order valence-corrected chi connectivity index (χ3v) is 6.86. The van der Waals surface area contributed by atoms with Gasteiger partial charge < -0.3 is 19.9 Å². The highest BCUT2D eigenvalue weighted by atomic mass is 16.3. The summed E-state index contributed by atoms with van der Waals surface area (Å²) < 4.78 is 1.77. The summed E-state index contributed by atoms with van der Waals surface area (Å²) >= 11 is 0. The molecule has 0 spiro atoms. The van der Waals surface area contributed by atoms with Crippen LogP contribution in [0.3, 0.4) is 0 Å². The van der Waals surface area contributed by atoms with Gasteiger partial charge in [-0.1, -0.05) is 78.9 Å². The number of benzene rings is 4. The Bertz CT molecular complexity index is 1760. The highest BCUT2D eigenvalue weighted by Gasteiger charge is 2.19. The molecular weight excluding hydrogens is 526 g/mol. The summed E-state index contributed by atoms with van der Waals surface area (Å²) in [6.45, 7) is 0.515. The molecule has 1 heterocycles. The fourth-order valence-electron chi connectivity index (χ4n) is 4.60. The lowest BCUT2D eigenvalue weighted by Crippen LogP contribution is -2.26. The second kappa shape index (κ2) is 12.8. The van der Waals surface area contributed by atoms with E-state index in [2.05, 4.69) is 15.5 Å². The average molecular weight is 558 g/mol. The van der Waals surface area contributed by atoms with Crippen LogP contribution in [0.15, 0.2) is 125 Å². The molecule has 0 saturated carbocycles. The number of hydrogen-bond donors (Lipinski definition) is 2. The molecule has 42 heavy (non-hydrogen) atoms. The Balaban J connectivity index is 1.46. The molecule has 0 bridgehead atoms. The van der Waals surface area contributed by atoms with Gasteiger partial charge in [-0.25, -0.2) is 0 Å². The number of nitrogens with zero attached hydrogens (tertiary/aromatic N) is 4. The van der Waals surface area contributed by atoms with Crippen molar-refractivity contribution in [3.63, 3.8) is 0 Å². The van der Waals surface area contributed by atoms with Crippen LogP contribution in [-0.4, -0.2) is 35.6 Å². The summed E-state index contributed by atoms with van der Waals surface area (Å²) in [4.78, 5) is 28.3. The highest BCUT2D eigenvalue weighted by Crippen LogP contribution is 2.39. The monoisotopic (exact) mass is 557 g/mol. The Morgan fingerprint density at radius 2 is 1.50 bits per heavy atom. The van der Waals surface area contributed by atoms with Gasteiger partial charge in [0.1, 0.15) is 5.70 Å². The summed E-state index contributed by atoms with van der Waals surface area (Å²) in [5, 5.41) is 22.7. The number of rotatable bonds is 9. The van der Waals surface area contributed by atoms with Gasteiger partial charge in [0.15, 0.2) is 5.69 Å². The summed E-state index contributed by atoms with van der Waals surface area (Å²) in [6, 6.07) is 33.6. The number of aryl methyl sites for hydroxylation is 2. The zero-order valence-corrected chi connectivity index (χ0v) is 23.4. The SMILES string of the molecule is CN(C)c1ccc(/C=C(\NC(=O)c2ccccc2)C(=O)N=Nc2c(O)n(CCc3ccccc3)c3ccccc23)cc1. The predicted molar refractivity (Wildman–Crippen MR) is 166 cm³/mol. The fraction of sp³-hybridized carbons (Fsp3) is 0.118. The van der Waals surface area contributed by atoms with Crippen molar-refractivity contribution in [1.29, 1.82) is 0 Å². The van der Waals surface area contributed by atoms with E-state index in [0.29, 0.717) is 29.5 Å². The van der Waals surface area contributed by atoms with Crippen LogP contribution in [0, 0.1) is 0 Å². The number of nitrogens with one attached hydrogen (secondary N) is 1. The number of azo groups is 1. The summed E-state index contributed by atoms with van der Waals surface area (Å²) in [7, 11) is 3.88. The number of hydrogen-bond acceptors (Lipinski definition) is 5. The van der Waals surface area contributed by atoms with Gasteiger partial charge in [-0.15, -0.1) is 10.2 Å². The smallest absolute Gasteiger partial charge is 0.311 e. The van der Waals surface area contributed by atoms with Crippen molar-refractivity contribution in [2.45, 2.75) is 13.0 Å². The first kappa shape index (κ1) is 28.0. The van der Waals surface area contributed by atoms with Crippen LogP contribution in [0.25, 0.3) is 17.0 Å². The van der Waals surface area contributed by atoms with Crippen LogP contribution in [0.1, 0.15) is 21.5 Å². The van der Waals surface area contributed by atoms with Gasteiger partial charge in [0.2, 0.25) is 5.88 Å². The zero-order chi connectivity index (χ0) is 29.5. The summed E-state index contributed by atoms with van der Waals surface area (Å²) in [5.74, 6) is -1.28. The molecule has 0 aliphatic rings. The van der Waals surface area contributed by atoms with Crippen LogP contribution in [0.5, 0.6) is 5.88 Å². The number of para-hydroxylation sites is 1. The maximum atomic E-state index is 13.4. The lowest BCUT2D eigenvalue weighted by molar-refractivity contribution is -0.115. The first-order chi connectivity index (χ1) is 20.4. The molecule has 0 aliphatic heterocycles. The predicted octanol–water partition coefficient (Wildman–Crippen LogP) is 6.74. The molecule has 1 aromatic heterocycles. The van der Waals surface area contributed by atoms with Crippen LogP contribution >= 0.6 is 0 Å². The standard InChI is InChI=1S/C34H31N5O3/c1-38(2)27-19-17-25(18-20-27)23-29(35-32(40)26-13-7-4-8-14-26)33(41)37-36-31-28-15-9-10-16-30(28)39(34(31)42)22-21-24-11-5-3-6-12-24/h3-20,23,42H,21-22H2,1-2H3,(H,35,40)/b29-23-,37-36?. The normalized spacial score (nSPS) is 11.6. The van der Waals surface area contributed by atoms with Crippen molar-refractivity contribution < 1.29 is 14.7 Å². The van der Waals surface area contributed by atoms with Gasteiger partial charge in [0.25, 0.3) is 5.91 Å². The number of carbonyl (C=O) groups excluding carboxylic acids is 2. The van der Waals surface area contributed by atoms with Gasteiger partial charge in [-0.05, 0) is 54.0 Å². The van der Waals surface area contributed by atoms with Crippen molar-refractivity contribution in [3.8, 4) is 5.88 Å². The number of aromatic nitrogens is 1. The topological polar surface area (TPSA) is 99.3 Å². The molecule has 5 aromatic rings. The molecular formula is C34H31N5O3. The highest BCUT2D eigenvalue weighted by molar-refractivity contribution is 6.05. The Morgan fingerprint density at radius 1 is 0.857 bits per heavy atom. The Morgan fingerprint density at radius 3 is 2.19 bits per heavy atom. The van der Waals surface area contributed by atoms with Crippen LogP contribution in [-0.2, 0) is 17.8 Å². The number of anilines is 1. The minimum atomic E-state index is -0.753. The molecule has 8 heteroatoms. The number of carbonyl (C=O) groups is 2. The molecule has 5 rings (SSSR count). The van der Waals surface area contributed by atoms with E-state index in [1.165, 1.54) is 0 Å². The second-order valence-electron chi connectivity index (χ2n) is 9.95. The summed E-state index contributed by atoms with van der Waals surface area (Å²) in [5.41, 5.74) is 4.15. The first-order valence-corrected chi connectivity index (χ1v) is 13.6. The zero-order valence-electron chi connectivity index (χ0n) is 23.4. The van der Waals surface area contributed by atoms with Crippen molar-refractivity contribution in [3.05, 3.63) is 132 Å². The van der Waals surface area contributed by atoms with Gasteiger partial charge >= 0.3 is 5.91 Å². The molecule has 8 nitrogen and oxygen atoms in total. The maximum absolute atomic E-state index is 13.4. The van der Waals surface area contributed by atoms with Crippen molar-refractivity contribution in [2.75, 3.05) is 19.0 Å². The molecule has 0 unspecified atom stereocenters. The molecule has 0 saturated heterocycles. The molecule has 4 aromatic carbocycles. The molecule has 0 atom stereocenters. The molecule has 0 fully saturated rings. The quantitative estimate of drug-likeness (QED) is 0.155. The molecule has 0 radical (unpaired) electrons. The van der Waals surface area contributed by atoms with E-state index in [9.17, 15) is 14.7 Å². The van der Waals surface area contributed by atoms with Crippen molar-refractivity contribution >= 4 is 40.2 Å². The van der Waals surface area contributed by atoms with Gasteiger partial charge in [0, 0.05) is 37.3 Å². The van der Waals surface area contributed by atoms with E-state index < -0.39 is 11.8 Å². The third-order valence-electron chi connectivity index (χ3n) is 6.86. The van der Waals surface area contributed by atoms with Gasteiger partial charge in [-0.2, -0.15) is 0 Å². The summed E-state index contributed by atoms with van der Waals surface area (Å²) in [6.07, 6.45) is 2.26. The van der Waals surface area contributed by atoms with E-state index in [1.807, 2.05) is 104 Å². The van der Waals surface area contributed by atoms with Gasteiger partial charge in [-0.3, -0.25) is 9.59 Å². The van der Waals surface area contributed by atoms with Crippen molar-refractivity contribution in [1.82, 2.24) is 9.88 Å². The van der Waals surface area contributed by atoms with Crippen LogP contribution in [0.2, 0.25) is 0 Å². The maximum Gasteiger partial charge on any atom is 0.311 e. The lowest BCUT2D eigenvalue weighted by atomic mass is 10.1. The molecule has 210 valence electrons. The first-order valence-electron chi connectivity index (χ1n) is 13.6. The van der Waals surface area contributed by atoms with Crippen LogP contribution < -0.4 is 10.2 Å². The lowest BCUT2D eigenvalue weighted by Gasteiger charge is -2.12. The van der Waals surface area contributed by atoms with E-state index in [1.54, 1.807) is 34.9 Å². The minimum Gasteiger partial charge on any atom is -0.493 e. The van der Waals surface area contributed by atoms with E-state index in [4.69, 9.17) is 0 Å². The molecule has 2 amide bonds. The number of amides is 2. The molecule has 2 N–H and O–H groups in total. The van der Waals surface area contributed by atoms with Gasteiger partial charge in [0.05, 0.1) is 5.52 Å². The Labute approximate surface area is 244 Å². The fourth-order valence-corrected chi connectivity index (χ4v) is 4.60. The Hall–Kier alpha value is -5.50.